The van der Waals surface area contributed by atoms with Crippen LogP contribution in [0.3, 0.4) is 0 Å². The van der Waals surface area contributed by atoms with E-state index in [4.69, 9.17) is 4.52 Å². The second-order valence-electron chi connectivity index (χ2n) is 5.82. The van der Waals surface area contributed by atoms with Gasteiger partial charge in [0.05, 0.1) is 10.6 Å². The number of nitrogens with zero attached hydrogens (tertiary/aromatic N) is 2. The van der Waals surface area contributed by atoms with Crippen molar-refractivity contribution in [2.45, 2.75) is 25.4 Å². The van der Waals surface area contributed by atoms with Crippen molar-refractivity contribution in [2.75, 3.05) is 19.6 Å². The fourth-order valence-corrected chi connectivity index (χ4v) is 4.09. The molecule has 0 radical (unpaired) electrons. The molecular formula is C15H19N3OS. The van der Waals surface area contributed by atoms with Crippen molar-refractivity contribution in [3.8, 4) is 10.6 Å². The monoisotopic (exact) mass is 289 g/mol. The highest BCUT2D eigenvalue weighted by atomic mass is 32.1. The zero-order valence-corrected chi connectivity index (χ0v) is 12.2. The number of rotatable bonds is 3. The molecule has 2 aromatic rings. The van der Waals surface area contributed by atoms with Crippen molar-refractivity contribution in [1.29, 1.82) is 0 Å². The number of thiophene rings is 1. The first-order chi connectivity index (χ1) is 9.88. The summed E-state index contributed by atoms with van der Waals surface area (Å²) in [4.78, 5) is 3.66. The van der Waals surface area contributed by atoms with Crippen LogP contribution in [0.5, 0.6) is 0 Å². The topological polar surface area (TPSA) is 41.3 Å². The highest BCUT2D eigenvalue weighted by Crippen LogP contribution is 2.28. The molecule has 20 heavy (non-hydrogen) atoms. The molecule has 5 heteroatoms. The van der Waals surface area contributed by atoms with Crippen LogP contribution in [0.2, 0.25) is 0 Å². The van der Waals surface area contributed by atoms with Gasteiger partial charge in [0.25, 0.3) is 0 Å². The van der Waals surface area contributed by atoms with Gasteiger partial charge in [-0.25, -0.2) is 0 Å². The van der Waals surface area contributed by atoms with Crippen LogP contribution in [-0.4, -0.2) is 35.7 Å². The molecule has 0 spiro atoms. The summed E-state index contributed by atoms with van der Waals surface area (Å²) < 4.78 is 5.46. The maximum absolute atomic E-state index is 5.46. The minimum Gasteiger partial charge on any atom is -0.355 e. The van der Waals surface area contributed by atoms with E-state index in [-0.39, 0.29) is 0 Å². The molecule has 2 aliphatic heterocycles. The number of aromatic nitrogens is 1. The summed E-state index contributed by atoms with van der Waals surface area (Å²) in [5, 5.41) is 9.93. The van der Waals surface area contributed by atoms with Crippen LogP contribution in [0.15, 0.2) is 28.1 Å². The number of piperidine rings is 1. The van der Waals surface area contributed by atoms with Crippen LogP contribution in [-0.2, 0) is 6.54 Å². The molecule has 0 aliphatic carbocycles. The van der Waals surface area contributed by atoms with Crippen LogP contribution in [0, 0.1) is 5.92 Å². The normalized spacial score (nSPS) is 26.8. The van der Waals surface area contributed by atoms with Gasteiger partial charge in [0.15, 0.2) is 5.76 Å². The SMILES string of the molecule is c1csc(-c2cc(CN3C[C@@H]4CCCN[C@@H]4C3)no2)c1. The van der Waals surface area contributed by atoms with E-state index in [9.17, 15) is 0 Å². The first-order valence-corrected chi connectivity index (χ1v) is 8.22. The minimum atomic E-state index is 0.687. The fourth-order valence-electron chi connectivity index (χ4n) is 3.42. The van der Waals surface area contributed by atoms with E-state index < -0.39 is 0 Å². The Kier molecular flexibility index (Phi) is 3.34. The van der Waals surface area contributed by atoms with Crippen LogP contribution in [0.25, 0.3) is 10.6 Å². The second-order valence-corrected chi connectivity index (χ2v) is 6.76. The quantitative estimate of drug-likeness (QED) is 0.943. The fraction of sp³-hybridized carbons (Fsp3) is 0.533. The lowest BCUT2D eigenvalue weighted by molar-refractivity contribution is 0.300. The number of fused-ring (bicyclic) bond motifs is 1. The largest absolute Gasteiger partial charge is 0.355 e. The summed E-state index contributed by atoms with van der Waals surface area (Å²) in [5.41, 5.74) is 1.05. The minimum absolute atomic E-state index is 0.687. The molecule has 0 amide bonds. The molecule has 2 aromatic heterocycles. The van der Waals surface area contributed by atoms with E-state index in [0.717, 1.165) is 35.3 Å². The summed E-state index contributed by atoms with van der Waals surface area (Å²) in [6.07, 6.45) is 2.69. The summed E-state index contributed by atoms with van der Waals surface area (Å²) in [7, 11) is 0. The zero-order valence-electron chi connectivity index (χ0n) is 11.4. The molecule has 4 heterocycles. The predicted octanol–water partition coefficient (Wildman–Crippen LogP) is 2.59. The number of nitrogens with one attached hydrogen (secondary N) is 1. The Labute approximate surface area is 122 Å². The standard InChI is InChI=1S/C15H19N3OS/c1-3-11-8-18(10-13(11)16-5-1)9-12-7-14(19-17-12)15-4-2-6-20-15/h2,4,6-7,11,13,16H,1,3,5,8-10H2/t11-,13+/m0/s1. The first-order valence-electron chi connectivity index (χ1n) is 7.34. The second kappa shape index (κ2) is 5.31. The number of likely N-dealkylation sites (tertiary alicyclic amines) is 1. The van der Waals surface area contributed by atoms with Crippen LogP contribution < -0.4 is 5.32 Å². The van der Waals surface area contributed by atoms with Gasteiger partial charge in [0.2, 0.25) is 0 Å². The van der Waals surface area contributed by atoms with Gasteiger partial charge in [-0.1, -0.05) is 11.2 Å². The Morgan fingerprint density at radius 2 is 2.45 bits per heavy atom. The molecule has 0 bridgehead atoms. The molecule has 2 aliphatic rings. The molecule has 106 valence electrons. The summed E-state index contributed by atoms with van der Waals surface area (Å²) in [6.45, 7) is 4.43. The third-order valence-electron chi connectivity index (χ3n) is 4.38. The van der Waals surface area contributed by atoms with Gasteiger partial charge in [-0.2, -0.15) is 0 Å². The van der Waals surface area contributed by atoms with E-state index in [1.807, 2.05) is 6.07 Å². The van der Waals surface area contributed by atoms with Crippen LogP contribution in [0.1, 0.15) is 18.5 Å². The van der Waals surface area contributed by atoms with Crippen molar-refractivity contribution in [2.24, 2.45) is 5.92 Å². The lowest BCUT2D eigenvalue weighted by Gasteiger charge is -2.24. The molecule has 2 atom stereocenters. The van der Waals surface area contributed by atoms with Crippen molar-refractivity contribution < 1.29 is 4.52 Å². The molecule has 1 N–H and O–H groups in total. The van der Waals surface area contributed by atoms with Gasteiger partial charge in [-0.05, 0) is 36.8 Å². The van der Waals surface area contributed by atoms with Gasteiger partial charge in [0.1, 0.15) is 0 Å². The van der Waals surface area contributed by atoms with E-state index in [1.165, 1.54) is 25.9 Å². The van der Waals surface area contributed by atoms with Crippen molar-refractivity contribution in [3.05, 3.63) is 29.3 Å². The summed E-state index contributed by atoms with van der Waals surface area (Å²) >= 11 is 1.69. The van der Waals surface area contributed by atoms with E-state index in [0.29, 0.717) is 6.04 Å². The smallest absolute Gasteiger partial charge is 0.177 e. The zero-order chi connectivity index (χ0) is 13.4. The molecular weight excluding hydrogens is 270 g/mol. The Bertz CT molecular complexity index is 551. The Morgan fingerprint density at radius 3 is 3.30 bits per heavy atom. The molecule has 0 unspecified atom stereocenters. The molecule has 0 aromatic carbocycles. The highest BCUT2D eigenvalue weighted by Gasteiger charge is 2.34. The average molecular weight is 289 g/mol. The van der Waals surface area contributed by atoms with Crippen molar-refractivity contribution >= 4 is 11.3 Å². The van der Waals surface area contributed by atoms with Gasteiger partial charge in [-0.15, -0.1) is 11.3 Å². The molecule has 0 saturated carbocycles. The Hall–Kier alpha value is -1.17. The third-order valence-corrected chi connectivity index (χ3v) is 5.27. The van der Waals surface area contributed by atoms with Gasteiger partial charge in [-0.3, -0.25) is 4.90 Å². The first kappa shape index (κ1) is 12.6. The Balaban J connectivity index is 1.42. The summed E-state index contributed by atoms with van der Waals surface area (Å²) in [5.74, 6) is 1.72. The molecule has 4 rings (SSSR count). The average Bonchev–Trinajstić information content (AvgIpc) is 3.18. The van der Waals surface area contributed by atoms with Crippen molar-refractivity contribution in [1.82, 2.24) is 15.4 Å². The van der Waals surface area contributed by atoms with Gasteiger partial charge < -0.3 is 9.84 Å². The molecule has 2 saturated heterocycles. The Morgan fingerprint density at radius 1 is 1.45 bits per heavy atom. The van der Waals surface area contributed by atoms with Gasteiger partial charge in [0, 0.05) is 31.7 Å². The van der Waals surface area contributed by atoms with Crippen LogP contribution in [0.4, 0.5) is 0 Å². The third kappa shape index (κ3) is 2.41. The lowest BCUT2D eigenvalue weighted by atomic mass is 9.94. The highest BCUT2D eigenvalue weighted by molar-refractivity contribution is 7.13. The van der Waals surface area contributed by atoms with E-state index in [2.05, 4.69) is 32.9 Å². The predicted molar refractivity (Wildman–Crippen MR) is 79.6 cm³/mol. The van der Waals surface area contributed by atoms with Crippen molar-refractivity contribution in [3.63, 3.8) is 0 Å². The van der Waals surface area contributed by atoms with E-state index in [1.54, 1.807) is 11.3 Å². The maximum Gasteiger partial charge on any atom is 0.177 e. The molecule has 4 nitrogen and oxygen atoms in total. The number of hydrogen-bond acceptors (Lipinski definition) is 5. The summed E-state index contributed by atoms with van der Waals surface area (Å²) in [6, 6.07) is 6.89. The van der Waals surface area contributed by atoms with Gasteiger partial charge >= 0.3 is 0 Å². The van der Waals surface area contributed by atoms with E-state index >= 15 is 0 Å². The number of hydrogen-bond donors (Lipinski definition) is 1. The lowest BCUT2D eigenvalue weighted by Crippen LogP contribution is -2.40. The molecule has 2 fully saturated rings. The van der Waals surface area contributed by atoms with Crippen LogP contribution >= 0.6 is 11.3 Å². The maximum atomic E-state index is 5.46.